The smallest absolute Gasteiger partial charge is 0.228 e. The number of benzene rings is 2. The number of hydrogen-bond acceptors (Lipinski definition) is 2. The maximum absolute atomic E-state index is 12.2. The van der Waals surface area contributed by atoms with Crippen molar-refractivity contribution in [2.75, 3.05) is 11.9 Å². The summed E-state index contributed by atoms with van der Waals surface area (Å²) in [4.78, 5) is 12.2. The predicted octanol–water partition coefficient (Wildman–Crippen LogP) is 3.71. The Balaban J connectivity index is 0.00000242. The molecule has 0 bridgehead atoms. The van der Waals surface area contributed by atoms with Gasteiger partial charge in [0.25, 0.3) is 0 Å². The fourth-order valence-corrected chi connectivity index (χ4v) is 2.14. The molecule has 0 saturated carbocycles. The number of hydrogen-bond donors (Lipinski definition) is 2. The Kier molecular flexibility index (Phi) is 7.64. The highest BCUT2D eigenvalue weighted by atomic mass is 35.5. The Labute approximate surface area is 138 Å². The van der Waals surface area contributed by atoms with Crippen LogP contribution in [-0.2, 0) is 17.8 Å². The molecule has 2 rings (SSSR count). The van der Waals surface area contributed by atoms with Gasteiger partial charge in [0.2, 0.25) is 5.91 Å². The van der Waals surface area contributed by atoms with Gasteiger partial charge in [-0.05, 0) is 30.7 Å². The van der Waals surface area contributed by atoms with E-state index in [-0.39, 0.29) is 18.3 Å². The van der Waals surface area contributed by atoms with Crippen LogP contribution in [0.5, 0.6) is 0 Å². The van der Waals surface area contributed by atoms with Crippen LogP contribution in [0.25, 0.3) is 0 Å². The molecule has 0 spiro atoms. The number of nitrogens with one attached hydrogen (secondary N) is 2. The second kappa shape index (κ2) is 9.23. The highest BCUT2D eigenvalue weighted by molar-refractivity contribution is 5.93. The first-order valence-corrected chi connectivity index (χ1v) is 7.33. The van der Waals surface area contributed by atoms with E-state index in [1.54, 1.807) is 0 Å². The van der Waals surface area contributed by atoms with Crippen LogP contribution in [0.1, 0.15) is 23.6 Å². The molecule has 2 N–H and O–H groups in total. The van der Waals surface area contributed by atoms with Crippen LogP contribution in [0.2, 0.25) is 0 Å². The molecular weight excluding hydrogens is 296 g/mol. The van der Waals surface area contributed by atoms with Crippen molar-refractivity contribution < 1.29 is 4.79 Å². The zero-order valence-corrected chi connectivity index (χ0v) is 13.9. The normalized spacial score (nSPS) is 9.91. The number of aryl methyl sites for hydroxylation is 1. The molecular formula is C18H23ClN2O. The molecule has 0 heterocycles. The number of rotatable bonds is 6. The van der Waals surface area contributed by atoms with Crippen LogP contribution >= 0.6 is 12.4 Å². The lowest BCUT2D eigenvalue weighted by molar-refractivity contribution is -0.115. The maximum Gasteiger partial charge on any atom is 0.228 e. The fourth-order valence-electron chi connectivity index (χ4n) is 2.14. The van der Waals surface area contributed by atoms with Gasteiger partial charge in [-0.15, -0.1) is 12.4 Å². The minimum Gasteiger partial charge on any atom is -0.325 e. The van der Waals surface area contributed by atoms with Crippen LogP contribution in [0, 0.1) is 6.92 Å². The molecule has 0 aliphatic rings. The summed E-state index contributed by atoms with van der Waals surface area (Å²) < 4.78 is 0. The van der Waals surface area contributed by atoms with Crippen molar-refractivity contribution in [2.24, 2.45) is 0 Å². The second-order valence-electron chi connectivity index (χ2n) is 5.15. The zero-order valence-electron chi connectivity index (χ0n) is 13.1. The second-order valence-corrected chi connectivity index (χ2v) is 5.15. The quantitative estimate of drug-likeness (QED) is 0.852. The largest absolute Gasteiger partial charge is 0.325 e. The Morgan fingerprint density at radius 1 is 1.05 bits per heavy atom. The van der Waals surface area contributed by atoms with Crippen molar-refractivity contribution >= 4 is 24.0 Å². The predicted molar refractivity (Wildman–Crippen MR) is 94.6 cm³/mol. The van der Waals surface area contributed by atoms with Gasteiger partial charge in [0.1, 0.15) is 0 Å². The van der Waals surface area contributed by atoms with E-state index in [0.29, 0.717) is 6.42 Å². The number of carbonyl (C=O) groups is 1. The van der Waals surface area contributed by atoms with Crippen molar-refractivity contribution in [1.29, 1.82) is 0 Å². The topological polar surface area (TPSA) is 41.1 Å². The highest BCUT2D eigenvalue weighted by Crippen LogP contribution is 2.15. The van der Waals surface area contributed by atoms with Crippen LogP contribution in [0.15, 0.2) is 48.5 Å². The van der Waals surface area contributed by atoms with Gasteiger partial charge in [-0.1, -0.05) is 55.0 Å². The van der Waals surface area contributed by atoms with E-state index in [1.807, 2.05) is 55.5 Å². The molecule has 3 nitrogen and oxygen atoms in total. The Morgan fingerprint density at radius 3 is 2.41 bits per heavy atom. The minimum absolute atomic E-state index is 0. The van der Waals surface area contributed by atoms with Gasteiger partial charge in [0, 0.05) is 12.2 Å². The lowest BCUT2D eigenvalue weighted by Gasteiger charge is -2.11. The van der Waals surface area contributed by atoms with Gasteiger partial charge in [-0.25, -0.2) is 0 Å². The molecule has 22 heavy (non-hydrogen) atoms. The molecule has 0 aliphatic heterocycles. The van der Waals surface area contributed by atoms with Crippen molar-refractivity contribution in [2.45, 2.75) is 26.8 Å². The van der Waals surface area contributed by atoms with E-state index in [0.717, 1.165) is 29.9 Å². The molecule has 0 unspecified atom stereocenters. The molecule has 0 saturated heterocycles. The third-order valence-corrected chi connectivity index (χ3v) is 3.34. The van der Waals surface area contributed by atoms with E-state index >= 15 is 0 Å². The summed E-state index contributed by atoms with van der Waals surface area (Å²) in [5, 5.41) is 6.29. The SMILES string of the molecule is CCNCc1ccccc1NC(=O)Cc1ccc(C)cc1.Cl. The Hall–Kier alpha value is -1.84. The third kappa shape index (κ3) is 5.51. The van der Waals surface area contributed by atoms with Crippen molar-refractivity contribution in [3.05, 3.63) is 65.2 Å². The first-order chi connectivity index (χ1) is 10.2. The number of para-hydroxylation sites is 1. The molecule has 0 aliphatic carbocycles. The maximum atomic E-state index is 12.2. The molecule has 0 aromatic heterocycles. The van der Waals surface area contributed by atoms with Crippen LogP contribution in [0.4, 0.5) is 5.69 Å². The average molecular weight is 319 g/mol. The van der Waals surface area contributed by atoms with E-state index in [4.69, 9.17) is 0 Å². The number of halogens is 1. The van der Waals surface area contributed by atoms with E-state index in [2.05, 4.69) is 17.6 Å². The molecule has 0 fully saturated rings. The van der Waals surface area contributed by atoms with Crippen LogP contribution < -0.4 is 10.6 Å². The average Bonchev–Trinajstić information content (AvgIpc) is 2.49. The van der Waals surface area contributed by atoms with Gasteiger partial charge >= 0.3 is 0 Å². The standard InChI is InChI=1S/C18H22N2O.ClH/c1-3-19-13-16-6-4-5-7-17(16)20-18(21)12-15-10-8-14(2)9-11-15;/h4-11,19H,3,12-13H2,1-2H3,(H,20,21);1H. The Morgan fingerprint density at radius 2 is 1.73 bits per heavy atom. The minimum atomic E-state index is 0. The van der Waals surface area contributed by atoms with Gasteiger partial charge < -0.3 is 10.6 Å². The molecule has 1 amide bonds. The molecule has 0 radical (unpaired) electrons. The Bertz CT molecular complexity index is 596. The van der Waals surface area contributed by atoms with Crippen molar-refractivity contribution in [3.63, 3.8) is 0 Å². The van der Waals surface area contributed by atoms with E-state index in [9.17, 15) is 4.79 Å². The van der Waals surface area contributed by atoms with Crippen molar-refractivity contribution in [3.8, 4) is 0 Å². The third-order valence-electron chi connectivity index (χ3n) is 3.34. The summed E-state index contributed by atoms with van der Waals surface area (Å²) in [5.74, 6) is 0.0165. The van der Waals surface area contributed by atoms with E-state index in [1.165, 1.54) is 5.56 Å². The monoisotopic (exact) mass is 318 g/mol. The van der Waals surface area contributed by atoms with Gasteiger partial charge in [0.15, 0.2) is 0 Å². The molecule has 2 aromatic carbocycles. The summed E-state index contributed by atoms with van der Waals surface area (Å²) >= 11 is 0. The van der Waals surface area contributed by atoms with Gasteiger partial charge in [-0.2, -0.15) is 0 Å². The lowest BCUT2D eigenvalue weighted by Crippen LogP contribution is -2.18. The summed E-state index contributed by atoms with van der Waals surface area (Å²) in [5.41, 5.74) is 4.23. The number of anilines is 1. The lowest BCUT2D eigenvalue weighted by atomic mass is 10.1. The highest BCUT2D eigenvalue weighted by Gasteiger charge is 2.07. The summed E-state index contributed by atoms with van der Waals surface area (Å²) in [6.45, 7) is 5.78. The van der Waals surface area contributed by atoms with Gasteiger partial charge in [0.05, 0.1) is 6.42 Å². The van der Waals surface area contributed by atoms with Crippen LogP contribution in [-0.4, -0.2) is 12.5 Å². The molecule has 2 aromatic rings. The number of amides is 1. The zero-order chi connectivity index (χ0) is 15.1. The molecule has 0 atom stereocenters. The first-order valence-electron chi connectivity index (χ1n) is 7.33. The van der Waals surface area contributed by atoms with Gasteiger partial charge in [-0.3, -0.25) is 4.79 Å². The van der Waals surface area contributed by atoms with E-state index < -0.39 is 0 Å². The molecule has 4 heteroatoms. The van der Waals surface area contributed by atoms with Crippen molar-refractivity contribution in [1.82, 2.24) is 5.32 Å². The summed E-state index contributed by atoms with van der Waals surface area (Å²) in [6.07, 6.45) is 0.399. The van der Waals surface area contributed by atoms with Crippen LogP contribution in [0.3, 0.4) is 0 Å². The summed E-state index contributed by atoms with van der Waals surface area (Å²) in [6, 6.07) is 16.0. The molecule has 118 valence electrons. The first kappa shape index (κ1) is 18.2. The number of carbonyl (C=O) groups excluding carboxylic acids is 1. The fraction of sp³-hybridized carbons (Fsp3) is 0.278. The summed E-state index contributed by atoms with van der Waals surface area (Å²) in [7, 11) is 0.